The van der Waals surface area contributed by atoms with E-state index in [-0.39, 0.29) is 0 Å². The molecule has 0 atom stereocenters. The van der Waals surface area contributed by atoms with Crippen LogP contribution in [0.5, 0.6) is 5.75 Å². The number of benzene rings is 1. The molecule has 2 rings (SSSR count). The van der Waals surface area contributed by atoms with E-state index in [4.69, 9.17) is 16.3 Å². The quantitative estimate of drug-likeness (QED) is 0.800. The number of nitrogens with zero attached hydrogens (tertiary/aromatic N) is 1. The highest BCUT2D eigenvalue weighted by molar-refractivity contribution is 9.10. The maximum absolute atomic E-state index is 10.9. The van der Waals surface area contributed by atoms with Gasteiger partial charge in [-0.3, -0.25) is 9.78 Å². The maximum atomic E-state index is 10.9. The first-order valence-corrected chi connectivity index (χ1v) is 6.33. The average molecular weight is 327 g/mol. The highest BCUT2D eigenvalue weighted by Gasteiger charge is 2.08. The fourth-order valence-electron chi connectivity index (χ4n) is 1.41. The highest BCUT2D eigenvalue weighted by atomic mass is 79.9. The molecular formula is C13H9BrClNO2. The first kappa shape index (κ1) is 13.1. The lowest BCUT2D eigenvalue weighted by Gasteiger charge is -2.09. The predicted octanol–water partition coefficient (Wildman–Crippen LogP) is 3.89. The van der Waals surface area contributed by atoms with E-state index in [1.165, 1.54) is 0 Å². The monoisotopic (exact) mass is 325 g/mol. The van der Waals surface area contributed by atoms with Crippen LogP contribution >= 0.6 is 27.5 Å². The van der Waals surface area contributed by atoms with Crippen molar-refractivity contribution >= 4 is 33.8 Å². The smallest absolute Gasteiger partial charge is 0.153 e. The van der Waals surface area contributed by atoms with Crippen molar-refractivity contribution in [2.75, 3.05) is 0 Å². The lowest BCUT2D eigenvalue weighted by molar-refractivity contribution is 0.111. The summed E-state index contributed by atoms with van der Waals surface area (Å²) < 4.78 is 6.28. The lowest BCUT2D eigenvalue weighted by Crippen LogP contribution is -1.99. The molecule has 0 aliphatic heterocycles. The fourth-order valence-corrected chi connectivity index (χ4v) is 1.90. The van der Waals surface area contributed by atoms with Gasteiger partial charge in [-0.15, -0.1) is 0 Å². The van der Waals surface area contributed by atoms with Gasteiger partial charge in [-0.2, -0.15) is 0 Å². The Kier molecular flexibility index (Phi) is 4.33. The van der Waals surface area contributed by atoms with Crippen LogP contribution in [0, 0.1) is 0 Å². The third-order valence-electron chi connectivity index (χ3n) is 2.30. The Morgan fingerprint density at radius 2 is 2.28 bits per heavy atom. The summed E-state index contributed by atoms with van der Waals surface area (Å²) in [5.41, 5.74) is 1.35. The van der Waals surface area contributed by atoms with Crippen LogP contribution in [0.25, 0.3) is 0 Å². The summed E-state index contributed by atoms with van der Waals surface area (Å²) in [4.78, 5) is 14.9. The summed E-state index contributed by atoms with van der Waals surface area (Å²) in [5, 5.41) is 0.478. The first-order valence-electron chi connectivity index (χ1n) is 5.16. The molecule has 3 nitrogen and oxygen atoms in total. The number of rotatable bonds is 4. The molecule has 0 N–H and O–H groups in total. The molecule has 0 aliphatic rings. The molecule has 0 fully saturated rings. The van der Waals surface area contributed by atoms with Crippen molar-refractivity contribution in [1.29, 1.82) is 0 Å². The second-order valence-corrected chi connectivity index (χ2v) is 4.83. The van der Waals surface area contributed by atoms with Crippen molar-refractivity contribution in [3.63, 3.8) is 0 Å². The molecule has 0 saturated carbocycles. The molecule has 0 saturated heterocycles. The number of pyridine rings is 1. The van der Waals surface area contributed by atoms with Crippen LogP contribution in [0.1, 0.15) is 15.9 Å². The zero-order valence-corrected chi connectivity index (χ0v) is 11.6. The van der Waals surface area contributed by atoms with Crippen molar-refractivity contribution in [2.45, 2.75) is 6.61 Å². The number of ether oxygens (including phenoxy) is 1. The lowest BCUT2D eigenvalue weighted by atomic mass is 10.2. The van der Waals surface area contributed by atoms with Gasteiger partial charge in [0.1, 0.15) is 12.4 Å². The Morgan fingerprint density at radius 1 is 1.44 bits per heavy atom. The maximum Gasteiger partial charge on any atom is 0.153 e. The minimum atomic E-state index is 0.350. The van der Waals surface area contributed by atoms with Gasteiger partial charge in [0.25, 0.3) is 0 Å². The van der Waals surface area contributed by atoms with E-state index in [0.29, 0.717) is 27.4 Å². The largest absolute Gasteiger partial charge is 0.488 e. The van der Waals surface area contributed by atoms with E-state index in [9.17, 15) is 4.79 Å². The van der Waals surface area contributed by atoms with Crippen LogP contribution < -0.4 is 4.74 Å². The SMILES string of the molecule is O=Cc1cc(Cl)c(Br)cc1OCc1cccnc1. The Bertz CT molecular complexity index is 560. The highest BCUT2D eigenvalue weighted by Crippen LogP contribution is 2.30. The van der Waals surface area contributed by atoms with E-state index in [1.54, 1.807) is 24.5 Å². The molecule has 2 aromatic rings. The zero-order chi connectivity index (χ0) is 13.0. The van der Waals surface area contributed by atoms with E-state index in [1.807, 2.05) is 12.1 Å². The van der Waals surface area contributed by atoms with Crippen molar-refractivity contribution in [2.24, 2.45) is 0 Å². The molecule has 0 amide bonds. The minimum Gasteiger partial charge on any atom is -0.488 e. The number of aldehydes is 1. The number of hydrogen-bond acceptors (Lipinski definition) is 3. The van der Waals surface area contributed by atoms with Gasteiger partial charge in [-0.25, -0.2) is 0 Å². The van der Waals surface area contributed by atoms with Crippen LogP contribution in [0.3, 0.4) is 0 Å². The van der Waals surface area contributed by atoms with E-state index < -0.39 is 0 Å². The first-order chi connectivity index (χ1) is 8.70. The topological polar surface area (TPSA) is 39.2 Å². The zero-order valence-electron chi connectivity index (χ0n) is 9.27. The molecule has 18 heavy (non-hydrogen) atoms. The van der Waals surface area contributed by atoms with E-state index in [0.717, 1.165) is 11.8 Å². The number of halogens is 2. The molecule has 0 unspecified atom stereocenters. The summed E-state index contributed by atoms with van der Waals surface area (Å²) >= 11 is 9.21. The van der Waals surface area contributed by atoms with Crippen molar-refractivity contribution in [3.05, 3.63) is 57.3 Å². The Morgan fingerprint density at radius 3 is 2.94 bits per heavy atom. The van der Waals surface area contributed by atoms with E-state index >= 15 is 0 Å². The van der Waals surface area contributed by atoms with E-state index in [2.05, 4.69) is 20.9 Å². The Hall–Kier alpha value is -1.39. The van der Waals surface area contributed by atoms with Crippen molar-refractivity contribution in [3.8, 4) is 5.75 Å². The summed E-state index contributed by atoms with van der Waals surface area (Å²) in [5.74, 6) is 0.491. The number of carbonyl (C=O) groups excluding carboxylic acids is 1. The summed E-state index contributed by atoms with van der Waals surface area (Å²) in [6.07, 6.45) is 4.13. The molecule has 0 bridgehead atoms. The number of hydrogen-bond donors (Lipinski definition) is 0. The fraction of sp³-hybridized carbons (Fsp3) is 0.0769. The normalized spacial score (nSPS) is 10.1. The van der Waals surface area contributed by atoms with Gasteiger partial charge in [0.2, 0.25) is 0 Å². The van der Waals surface area contributed by atoms with Crippen LogP contribution in [0.15, 0.2) is 41.1 Å². The van der Waals surface area contributed by atoms with Crippen LogP contribution in [0.4, 0.5) is 0 Å². The second-order valence-electron chi connectivity index (χ2n) is 3.57. The van der Waals surface area contributed by atoms with Gasteiger partial charge in [0.05, 0.1) is 10.6 Å². The average Bonchev–Trinajstić information content (AvgIpc) is 2.41. The standard InChI is InChI=1S/C13H9BrClNO2/c14-11-5-13(10(7-17)4-12(11)15)18-8-9-2-1-3-16-6-9/h1-7H,8H2. The Balaban J connectivity index is 2.19. The van der Waals surface area contributed by atoms with Gasteiger partial charge in [0.15, 0.2) is 6.29 Å². The molecular weight excluding hydrogens is 318 g/mol. The Labute approximate surface area is 118 Å². The van der Waals surface area contributed by atoms with Gasteiger partial charge >= 0.3 is 0 Å². The number of aromatic nitrogens is 1. The van der Waals surface area contributed by atoms with Crippen LogP contribution in [0.2, 0.25) is 5.02 Å². The second kappa shape index (κ2) is 5.98. The predicted molar refractivity (Wildman–Crippen MR) is 73.1 cm³/mol. The molecule has 1 heterocycles. The van der Waals surface area contributed by atoms with Gasteiger partial charge in [0, 0.05) is 22.4 Å². The van der Waals surface area contributed by atoms with Crippen molar-refractivity contribution in [1.82, 2.24) is 4.98 Å². The minimum absolute atomic E-state index is 0.350. The van der Waals surface area contributed by atoms with Crippen LogP contribution in [-0.2, 0) is 6.61 Å². The summed E-state index contributed by atoms with van der Waals surface area (Å²) in [6, 6.07) is 6.98. The van der Waals surface area contributed by atoms with Gasteiger partial charge < -0.3 is 4.74 Å². The van der Waals surface area contributed by atoms with Gasteiger partial charge in [-0.05, 0) is 34.1 Å². The molecule has 0 spiro atoms. The molecule has 0 aliphatic carbocycles. The number of carbonyl (C=O) groups is 1. The van der Waals surface area contributed by atoms with Gasteiger partial charge in [-0.1, -0.05) is 17.7 Å². The van der Waals surface area contributed by atoms with Crippen LogP contribution in [-0.4, -0.2) is 11.3 Å². The molecule has 92 valence electrons. The summed E-state index contributed by atoms with van der Waals surface area (Å²) in [6.45, 7) is 0.350. The van der Waals surface area contributed by atoms with Crippen molar-refractivity contribution < 1.29 is 9.53 Å². The molecule has 0 radical (unpaired) electrons. The molecule has 5 heteroatoms. The molecule has 1 aromatic carbocycles. The third-order valence-corrected chi connectivity index (χ3v) is 3.49. The third kappa shape index (κ3) is 3.09. The summed E-state index contributed by atoms with van der Waals surface area (Å²) in [7, 11) is 0. The molecule has 1 aromatic heterocycles.